The minimum Gasteiger partial charge on any atom is -0.469 e. The van der Waals surface area contributed by atoms with Gasteiger partial charge in [0, 0.05) is 19.4 Å². The van der Waals surface area contributed by atoms with Crippen LogP contribution in [0.3, 0.4) is 0 Å². The Hall–Kier alpha value is -1.93. The van der Waals surface area contributed by atoms with Crippen molar-refractivity contribution in [2.75, 3.05) is 40.0 Å². The Bertz CT molecular complexity index is 848. The molecule has 8 nitrogen and oxygen atoms in total. The standard InChI is InChI=1S/C44H83NO7/c1-5-7-9-11-14-23-31-41(32-24-15-12-10-8-6-2)52-44(49)40(3)30-22-17-20-28-36-45(37-38-46)35-27-19-13-16-26-34-43(48)51-39-29-21-18-25-33-42(47)50-4/h7,9,40-41,46H,5-6,8,10-39H2,1-4H3/b9-7+. The van der Waals surface area contributed by atoms with Crippen LogP contribution in [-0.2, 0) is 28.6 Å². The number of allylic oxidation sites excluding steroid dienone is 2. The van der Waals surface area contributed by atoms with E-state index in [-0.39, 0.29) is 36.5 Å². The zero-order valence-corrected chi connectivity index (χ0v) is 34.5. The van der Waals surface area contributed by atoms with Gasteiger partial charge in [-0.1, -0.05) is 116 Å². The number of rotatable bonds is 39. The van der Waals surface area contributed by atoms with Crippen LogP contribution in [0.4, 0.5) is 0 Å². The molecule has 52 heavy (non-hydrogen) atoms. The lowest BCUT2D eigenvalue weighted by molar-refractivity contribution is -0.154. The van der Waals surface area contributed by atoms with Crippen LogP contribution >= 0.6 is 0 Å². The summed E-state index contributed by atoms with van der Waals surface area (Å²) in [6, 6.07) is 0. The molecule has 0 bridgehead atoms. The number of unbranched alkanes of at least 4 members (excludes halogenated alkanes) is 17. The Kier molecular flexibility index (Phi) is 37.3. The van der Waals surface area contributed by atoms with Gasteiger partial charge in [-0.05, 0) is 96.6 Å². The van der Waals surface area contributed by atoms with E-state index in [0.717, 1.165) is 154 Å². The molecular weight excluding hydrogens is 654 g/mol. The number of aliphatic hydroxyl groups is 1. The molecule has 0 saturated heterocycles. The largest absolute Gasteiger partial charge is 0.469 e. The second-order valence-electron chi connectivity index (χ2n) is 14.9. The average Bonchev–Trinajstić information content (AvgIpc) is 3.14. The van der Waals surface area contributed by atoms with E-state index in [1.165, 1.54) is 39.2 Å². The fourth-order valence-electron chi connectivity index (χ4n) is 6.57. The molecular formula is C44H83NO7. The highest BCUT2D eigenvalue weighted by atomic mass is 16.5. The van der Waals surface area contributed by atoms with Crippen molar-refractivity contribution in [2.45, 2.75) is 207 Å². The highest BCUT2D eigenvalue weighted by molar-refractivity contribution is 5.72. The molecule has 0 aliphatic carbocycles. The summed E-state index contributed by atoms with van der Waals surface area (Å²) in [7, 11) is 1.41. The smallest absolute Gasteiger partial charge is 0.308 e. The first-order valence-electron chi connectivity index (χ1n) is 21.8. The summed E-state index contributed by atoms with van der Waals surface area (Å²) in [5.74, 6) is -0.329. The van der Waals surface area contributed by atoms with Crippen LogP contribution < -0.4 is 0 Å². The normalized spacial score (nSPS) is 12.7. The molecule has 0 aromatic heterocycles. The van der Waals surface area contributed by atoms with Crippen LogP contribution in [0.1, 0.15) is 201 Å². The molecule has 2 unspecified atom stereocenters. The molecule has 0 aromatic carbocycles. The third-order valence-electron chi connectivity index (χ3n) is 10.0. The molecule has 0 rings (SSSR count). The molecule has 0 aromatic rings. The average molecular weight is 738 g/mol. The van der Waals surface area contributed by atoms with Crippen molar-refractivity contribution in [3.63, 3.8) is 0 Å². The minimum atomic E-state index is -0.169. The summed E-state index contributed by atoms with van der Waals surface area (Å²) in [6.45, 7) is 9.83. The number of esters is 3. The van der Waals surface area contributed by atoms with Crippen LogP contribution in [0.25, 0.3) is 0 Å². The molecule has 1 N–H and O–H groups in total. The molecule has 0 radical (unpaired) electrons. The maximum absolute atomic E-state index is 13.0. The van der Waals surface area contributed by atoms with Crippen molar-refractivity contribution in [1.82, 2.24) is 4.90 Å². The number of hydrogen-bond donors (Lipinski definition) is 1. The van der Waals surface area contributed by atoms with Gasteiger partial charge < -0.3 is 24.2 Å². The third-order valence-corrected chi connectivity index (χ3v) is 10.0. The lowest BCUT2D eigenvalue weighted by Crippen LogP contribution is -2.29. The van der Waals surface area contributed by atoms with Crippen molar-refractivity contribution in [3.8, 4) is 0 Å². The van der Waals surface area contributed by atoms with E-state index in [1.54, 1.807) is 0 Å². The van der Waals surface area contributed by atoms with Crippen LogP contribution in [0.15, 0.2) is 12.2 Å². The zero-order valence-electron chi connectivity index (χ0n) is 34.5. The first kappa shape index (κ1) is 50.1. The Morgan fingerprint density at radius 2 is 1.15 bits per heavy atom. The summed E-state index contributed by atoms with van der Waals surface area (Å²) in [4.78, 5) is 38.4. The van der Waals surface area contributed by atoms with Crippen molar-refractivity contribution in [1.29, 1.82) is 0 Å². The van der Waals surface area contributed by atoms with E-state index in [1.807, 2.05) is 6.92 Å². The van der Waals surface area contributed by atoms with Crippen molar-refractivity contribution in [2.24, 2.45) is 5.92 Å². The number of nitrogens with zero attached hydrogens (tertiary/aromatic N) is 1. The van der Waals surface area contributed by atoms with Gasteiger partial charge in [0.15, 0.2) is 0 Å². The molecule has 306 valence electrons. The lowest BCUT2D eigenvalue weighted by Gasteiger charge is -2.21. The second kappa shape index (κ2) is 38.8. The third kappa shape index (κ3) is 33.9. The van der Waals surface area contributed by atoms with Crippen LogP contribution in [-0.4, -0.2) is 74.0 Å². The van der Waals surface area contributed by atoms with Crippen molar-refractivity contribution in [3.05, 3.63) is 12.2 Å². The van der Waals surface area contributed by atoms with E-state index in [9.17, 15) is 19.5 Å². The van der Waals surface area contributed by atoms with E-state index >= 15 is 0 Å². The van der Waals surface area contributed by atoms with Gasteiger partial charge in [0.05, 0.1) is 26.2 Å². The second-order valence-corrected chi connectivity index (χ2v) is 14.9. The van der Waals surface area contributed by atoms with Crippen molar-refractivity contribution < 1.29 is 33.7 Å². The van der Waals surface area contributed by atoms with Gasteiger partial charge >= 0.3 is 17.9 Å². The van der Waals surface area contributed by atoms with E-state index in [4.69, 9.17) is 9.47 Å². The van der Waals surface area contributed by atoms with Gasteiger partial charge in [-0.2, -0.15) is 0 Å². The number of ether oxygens (including phenoxy) is 3. The van der Waals surface area contributed by atoms with Gasteiger partial charge in [0.1, 0.15) is 6.10 Å². The topological polar surface area (TPSA) is 102 Å². The quantitative estimate of drug-likeness (QED) is 0.0288. The van der Waals surface area contributed by atoms with Crippen LogP contribution in [0.2, 0.25) is 0 Å². The molecule has 0 amide bonds. The molecule has 0 saturated carbocycles. The molecule has 2 atom stereocenters. The Balaban J connectivity index is 4.07. The maximum atomic E-state index is 13.0. The van der Waals surface area contributed by atoms with Gasteiger partial charge in [-0.3, -0.25) is 14.4 Å². The fraction of sp³-hybridized carbons (Fsp3) is 0.886. The van der Waals surface area contributed by atoms with Crippen LogP contribution in [0.5, 0.6) is 0 Å². The maximum Gasteiger partial charge on any atom is 0.308 e. The van der Waals surface area contributed by atoms with Gasteiger partial charge in [0.25, 0.3) is 0 Å². The predicted molar refractivity (Wildman–Crippen MR) is 215 cm³/mol. The van der Waals surface area contributed by atoms with E-state index < -0.39 is 0 Å². The summed E-state index contributed by atoms with van der Waals surface area (Å²) < 4.78 is 16.1. The molecule has 0 spiro atoms. The number of hydrogen-bond acceptors (Lipinski definition) is 8. The van der Waals surface area contributed by atoms with E-state index in [2.05, 4.69) is 35.6 Å². The molecule has 0 fully saturated rings. The zero-order chi connectivity index (χ0) is 38.3. The molecule has 0 aliphatic heterocycles. The lowest BCUT2D eigenvalue weighted by atomic mass is 10.0. The van der Waals surface area contributed by atoms with Gasteiger partial charge in [0.2, 0.25) is 0 Å². The number of methoxy groups -OCH3 is 1. The summed E-state index contributed by atoms with van der Waals surface area (Å²) in [5, 5.41) is 9.56. The number of carbonyl (C=O) groups is 3. The molecule has 0 aliphatic rings. The first-order valence-corrected chi connectivity index (χ1v) is 21.8. The highest BCUT2D eigenvalue weighted by Gasteiger charge is 2.19. The first-order chi connectivity index (χ1) is 25.4. The highest BCUT2D eigenvalue weighted by Crippen LogP contribution is 2.20. The fourth-order valence-corrected chi connectivity index (χ4v) is 6.57. The number of aliphatic hydroxyl groups excluding tert-OH is 1. The molecule has 8 heteroatoms. The van der Waals surface area contributed by atoms with Gasteiger partial charge in [-0.25, -0.2) is 0 Å². The predicted octanol–water partition coefficient (Wildman–Crippen LogP) is 11.1. The van der Waals surface area contributed by atoms with Crippen LogP contribution in [0, 0.1) is 5.92 Å². The molecule has 0 heterocycles. The van der Waals surface area contributed by atoms with Crippen molar-refractivity contribution >= 4 is 17.9 Å². The monoisotopic (exact) mass is 738 g/mol. The SMILES string of the molecule is CC/C=C/CCCCC(CCCCCCCC)OC(=O)C(C)CCCCCCN(CCO)CCCCCCCC(=O)OCCCCCCC(=O)OC. The summed E-state index contributed by atoms with van der Waals surface area (Å²) >= 11 is 0. The summed E-state index contributed by atoms with van der Waals surface area (Å²) in [6.07, 6.45) is 33.7. The van der Waals surface area contributed by atoms with E-state index in [0.29, 0.717) is 19.4 Å². The Morgan fingerprint density at radius 3 is 1.77 bits per heavy atom. The minimum absolute atomic E-state index is 0.00675. The number of carbonyl (C=O) groups excluding carboxylic acids is 3. The summed E-state index contributed by atoms with van der Waals surface area (Å²) in [5.41, 5.74) is 0. The Morgan fingerprint density at radius 1 is 0.615 bits per heavy atom. The van der Waals surface area contributed by atoms with Gasteiger partial charge in [-0.15, -0.1) is 0 Å². The Labute approximate surface area is 320 Å².